The van der Waals surface area contributed by atoms with Crippen molar-refractivity contribution in [3.63, 3.8) is 0 Å². The Kier molecular flexibility index (Phi) is 5.10. The van der Waals surface area contributed by atoms with E-state index in [9.17, 15) is 4.79 Å². The normalized spacial score (nSPS) is 9.76. The molecule has 21 heavy (non-hydrogen) atoms. The van der Waals surface area contributed by atoms with Crippen LogP contribution in [0.15, 0.2) is 42.5 Å². The van der Waals surface area contributed by atoms with Gasteiger partial charge in [0.25, 0.3) is 5.91 Å². The molecule has 3 nitrogen and oxygen atoms in total. The van der Waals surface area contributed by atoms with Gasteiger partial charge in [-0.15, -0.1) is 6.42 Å². The molecule has 0 fully saturated rings. The minimum absolute atomic E-state index is 0.189. The monoisotopic (exact) mass is 319 g/mol. The lowest BCUT2D eigenvalue weighted by Crippen LogP contribution is -2.11. The first kappa shape index (κ1) is 15.2. The zero-order valence-electron chi connectivity index (χ0n) is 10.9. The molecule has 0 radical (unpaired) electrons. The molecule has 0 aliphatic carbocycles. The fourth-order valence-corrected chi connectivity index (χ4v) is 1.90. The van der Waals surface area contributed by atoms with E-state index in [1.807, 2.05) is 0 Å². The standard InChI is InChI=1S/C16H11Cl2NO2/c1-2-9-21-13-6-3-11(4-7-13)16(20)19-12-5-8-14(17)15(18)10-12/h1,3-8,10H,9H2,(H,19,20). The van der Waals surface area contributed by atoms with Gasteiger partial charge in [-0.2, -0.15) is 0 Å². The summed E-state index contributed by atoms with van der Waals surface area (Å²) in [5.74, 6) is 2.73. The van der Waals surface area contributed by atoms with Gasteiger partial charge in [-0.25, -0.2) is 0 Å². The largest absolute Gasteiger partial charge is 0.481 e. The maximum atomic E-state index is 12.1. The molecular formula is C16H11Cl2NO2. The summed E-state index contributed by atoms with van der Waals surface area (Å²) < 4.78 is 5.24. The van der Waals surface area contributed by atoms with Crippen molar-refractivity contribution < 1.29 is 9.53 Å². The Morgan fingerprint density at radius 1 is 1.14 bits per heavy atom. The number of nitrogens with one attached hydrogen (secondary N) is 1. The molecule has 106 valence electrons. The average molecular weight is 320 g/mol. The molecule has 1 N–H and O–H groups in total. The number of carbonyl (C=O) groups excluding carboxylic acids is 1. The second-order valence-corrected chi connectivity index (χ2v) is 4.91. The van der Waals surface area contributed by atoms with Crippen LogP contribution in [0.25, 0.3) is 0 Å². The van der Waals surface area contributed by atoms with Crippen LogP contribution in [0.5, 0.6) is 5.75 Å². The van der Waals surface area contributed by atoms with E-state index in [2.05, 4.69) is 11.2 Å². The van der Waals surface area contributed by atoms with Crippen molar-refractivity contribution in [2.24, 2.45) is 0 Å². The number of rotatable bonds is 4. The number of ether oxygens (including phenoxy) is 1. The molecule has 0 spiro atoms. The smallest absolute Gasteiger partial charge is 0.255 e. The van der Waals surface area contributed by atoms with Crippen molar-refractivity contribution in [2.45, 2.75) is 0 Å². The van der Waals surface area contributed by atoms with Crippen LogP contribution < -0.4 is 10.1 Å². The van der Waals surface area contributed by atoms with E-state index in [0.29, 0.717) is 27.0 Å². The van der Waals surface area contributed by atoms with E-state index in [4.69, 9.17) is 34.4 Å². The molecule has 5 heteroatoms. The topological polar surface area (TPSA) is 38.3 Å². The average Bonchev–Trinajstić information content (AvgIpc) is 2.49. The molecule has 0 atom stereocenters. The maximum absolute atomic E-state index is 12.1. The van der Waals surface area contributed by atoms with Crippen molar-refractivity contribution >= 4 is 34.8 Å². The predicted octanol–water partition coefficient (Wildman–Crippen LogP) is 4.26. The van der Waals surface area contributed by atoms with Crippen LogP contribution in [0.1, 0.15) is 10.4 Å². The lowest BCUT2D eigenvalue weighted by molar-refractivity contribution is 0.102. The van der Waals surface area contributed by atoms with Gasteiger partial charge < -0.3 is 10.1 Å². The van der Waals surface area contributed by atoms with Crippen molar-refractivity contribution in [1.82, 2.24) is 0 Å². The van der Waals surface area contributed by atoms with Crippen LogP contribution in [-0.2, 0) is 0 Å². The summed E-state index contributed by atoms with van der Waals surface area (Å²) in [6.07, 6.45) is 5.10. The Hall–Kier alpha value is -2.15. The number of terminal acetylenes is 1. The van der Waals surface area contributed by atoms with Crippen LogP contribution in [0.2, 0.25) is 10.0 Å². The van der Waals surface area contributed by atoms with E-state index < -0.39 is 0 Å². The fraction of sp³-hybridized carbons (Fsp3) is 0.0625. The molecule has 0 unspecified atom stereocenters. The lowest BCUT2D eigenvalue weighted by Gasteiger charge is -2.07. The summed E-state index contributed by atoms with van der Waals surface area (Å²) in [5.41, 5.74) is 1.07. The molecule has 0 heterocycles. The van der Waals surface area contributed by atoms with Crippen LogP contribution >= 0.6 is 23.2 Å². The molecule has 0 aromatic heterocycles. The zero-order valence-corrected chi connectivity index (χ0v) is 12.4. The van der Waals surface area contributed by atoms with Gasteiger partial charge in [0.15, 0.2) is 0 Å². The molecule has 0 saturated carbocycles. The minimum atomic E-state index is -0.253. The molecule has 1 amide bonds. The van der Waals surface area contributed by atoms with Gasteiger partial charge in [0.05, 0.1) is 10.0 Å². The molecular weight excluding hydrogens is 309 g/mol. The first-order valence-corrected chi connectivity index (χ1v) is 6.78. The third-order valence-electron chi connectivity index (χ3n) is 2.62. The Labute approximate surface area is 132 Å². The first-order valence-electron chi connectivity index (χ1n) is 6.03. The van der Waals surface area contributed by atoms with Gasteiger partial charge >= 0.3 is 0 Å². The van der Waals surface area contributed by atoms with Crippen LogP contribution in [0, 0.1) is 12.3 Å². The molecule has 0 saturated heterocycles. The number of hydrogen-bond donors (Lipinski definition) is 1. The quantitative estimate of drug-likeness (QED) is 0.855. The van der Waals surface area contributed by atoms with Crippen molar-refractivity contribution in [3.05, 3.63) is 58.1 Å². The predicted molar refractivity (Wildman–Crippen MR) is 85.2 cm³/mol. The minimum Gasteiger partial charge on any atom is -0.481 e. The van der Waals surface area contributed by atoms with Gasteiger partial charge in [-0.05, 0) is 42.5 Å². The summed E-state index contributed by atoms with van der Waals surface area (Å²) in [6, 6.07) is 11.6. The zero-order chi connectivity index (χ0) is 15.2. The van der Waals surface area contributed by atoms with Crippen molar-refractivity contribution in [3.8, 4) is 18.1 Å². The highest BCUT2D eigenvalue weighted by Crippen LogP contribution is 2.25. The van der Waals surface area contributed by atoms with Crippen molar-refractivity contribution in [2.75, 3.05) is 11.9 Å². The SMILES string of the molecule is C#CCOc1ccc(C(=O)Nc2ccc(Cl)c(Cl)c2)cc1. The highest BCUT2D eigenvalue weighted by atomic mass is 35.5. The number of amides is 1. The van der Waals surface area contributed by atoms with Crippen LogP contribution in [0.4, 0.5) is 5.69 Å². The number of benzene rings is 2. The molecule has 0 aliphatic rings. The Morgan fingerprint density at radius 2 is 1.86 bits per heavy atom. The Bertz CT molecular complexity index is 690. The van der Waals surface area contributed by atoms with E-state index in [1.54, 1.807) is 42.5 Å². The van der Waals surface area contributed by atoms with E-state index >= 15 is 0 Å². The van der Waals surface area contributed by atoms with Crippen LogP contribution in [-0.4, -0.2) is 12.5 Å². The second kappa shape index (κ2) is 7.03. The lowest BCUT2D eigenvalue weighted by atomic mass is 10.2. The molecule has 0 bridgehead atoms. The van der Waals surface area contributed by atoms with Crippen LogP contribution in [0.3, 0.4) is 0 Å². The maximum Gasteiger partial charge on any atom is 0.255 e. The Morgan fingerprint density at radius 3 is 2.48 bits per heavy atom. The summed E-state index contributed by atoms with van der Waals surface area (Å²) in [4.78, 5) is 12.1. The van der Waals surface area contributed by atoms with Gasteiger partial charge in [-0.3, -0.25) is 4.79 Å². The van der Waals surface area contributed by atoms with Gasteiger partial charge in [-0.1, -0.05) is 29.1 Å². The molecule has 2 aromatic rings. The van der Waals surface area contributed by atoms with Gasteiger partial charge in [0.1, 0.15) is 12.4 Å². The van der Waals surface area contributed by atoms with Crippen molar-refractivity contribution in [1.29, 1.82) is 0 Å². The summed E-state index contributed by atoms with van der Waals surface area (Å²) in [6.45, 7) is 0.189. The number of carbonyl (C=O) groups is 1. The summed E-state index contributed by atoms with van der Waals surface area (Å²) in [5, 5.41) is 3.55. The van der Waals surface area contributed by atoms with E-state index in [-0.39, 0.29) is 12.5 Å². The summed E-state index contributed by atoms with van der Waals surface area (Å²) >= 11 is 11.7. The number of hydrogen-bond acceptors (Lipinski definition) is 2. The highest BCUT2D eigenvalue weighted by Gasteiger charge is 2.07. The second-order valence-electron chi connectivity index (χ2n) is 4.10. The number of anilines is 1. The van der Waals surface area contributed by atoms with Gasteiger partial charge in [0.2, 0.25) is 0 Å². The number of halogens is 2. The molecule has 2 rings (SSSR count). The van der Waals surface area contributed by atoms with E-state index in [0.717, 1.165) is 0 Å². The Balaban J connectivity index is 2.06. The molecule has 2 aromatic carbocycles. The van der Waals surface area contributed by atoms with E-state index in [1.165, 1.54) is 0 Å². The highest BCUT2D eigenvalue weighted by molar-refractivity contribution is 6.42. The first-order chi connectivity index (χ1) is 10.1. The summed E-state index contributed by atoms with van der Waals surface area (Å²) in [7, 11) is 0. The fourth-order valence-electron chi connectivity index (χ4n) is 1.60. The third kappa shape index (κ3) is 4.16. The van der Waals surface area contributed by atoms with Gasteiger partial charge in [0, 0.05) is 11.3 Å². The third-order valence-corrected chi connectivity index (χ3v) is 3.36. The molecule has 0 aliphatic heterocycles.